The van der Waals surface area contributed by atoms with Gasteiger partial charge in [0.05, 0.1) is 6.42 Å². The summed E-state index contributed by atoms with van der Waals surface area (Å²) in [6, 6.07) is 7.48. The first-order chi connectivity index (χ1) is 8.16. The minimum absolute atomic E-state index is 0.0780. The number of carboxylic acid groups (broad SMARTS) is 1. The molecule has 5 heteroatoms. The zero-order valence-corrected chi connectivity index (χ0v) is 9.18. The summed E-state index contributed by atoms with van der Waals surface area (Å²) in [5, 5.41) is 11.0. The van der Waals surface area contributed by atoms with E-state index in [2.05, 4.69) is 5.32 Å². The van der Waals surface area contributed by atoms with Gasteiger partial charge in [-0.2, -0.15) is 0 Å². The van der Waals surface area contributed by atoms with Crippen LogP contribution in [-0.2, 0) is 16.0 Å². The Morgan fingerprint density at radius 1 is 1.41 bits per heavy atom. The molecule has 0 radical (unpaired) electrons. The van der Waals surface area contributed by atoms with Crippen LogP contribution in [0.25, 0.3) is 0 Å². The Balaban J connectivity index is 1.86. The lowest BCUT2D eigenvalue weighted by molar-refractivity contribution is -0.137. The van der Waals surface area contributed by atoms with Gasteiger partial charge < -0.3 is 15.2 Å². The van der Waals surface area contributed by atoms with Gasteiger partial charge in [0.15, 0.2) is 6.10 Å². The molecule has 0 fully saturated rings. The van der Waals surface area contributed by atoms with E-state index in [9.17, 15) is 9.59 Å². The van der Waals surface area contributed by atoms with Crippen molar-refractivity contribution < 1.29 is 19.4 Å². The molecule has 1 aliphatic rings. The van der Waals surface area contributed by atoms with E-state index in [0.717, 1.165) is 11.3 Å². The molecule has 0 saturated heterocycles. The van der Waals surface area contributed by atoms with Crippen molar-refractivity contribution in [2.24, 2.45) is 0 Å². The molecule has 2 N–H and O–H groups in total. The van der Waals surface area contributed by atoms with Crippen LogP contribution >= 0.6 is 0 Å². The molecule has 0 aromatic heterocycles. The number of hydrogen-bond acceptors (Lipinski definition) is 3. The summed E-state index contributed by atoms with van der Waals surface area (Å²) in [5.74, 6) is -0.464. The number of nitrogens with one attached hydrogen (secondary N) is 1. The van der Waals surface area contributed by atoms with Gasteiger partial charge in [0.25, 0.3) is 5.91 Å². The maximum absolute atomic E-state index is 11.7. The Morgan fingerprint density at radius 2 is 2.18 bits per heavy atom. The summed E-state index contributed by atoms with van der Waals surface area (Å²) >= 11 is 0. The zero-order valence-electron chi connectivity index (χ0n) is 9.18. The first-order valence-electron chi connectivity index (χ1n) is 5.41. The van der Waals surface area contributed by atoms with Crippen LogP contribution in [0.5, 0.6) is 5.75 Å². The van der Waals surface area contributed by atoms with Crippen molar-refractivity contribution in [3.63, 3.8) is 0 Å². The van der Waals surface area contributed by atoms with Crippen LogP contribution in [0.3, 0.4) is 0 Å². The summed E-state index contributed by atoms with van der Waals surface area (Å²) in [4.78, 5) is 22.0. The molecule has 1 aliphatic heterocycles. The summed E-state index contributed by atoms with van der Waals surface area (Å²) in [5.41, 5.74) is 1.01. The highest BCUT2D eigenvalue weighted by Gasteiger charge is 2.28. The SMILES string of the molecule is O=C(O)CCNC(=O)C1Cc2ccccc2O1. The van der Waals surface area contributed by atoms with Crippen LogP contribution in [0.1, 0.15) is 12.0 Å². The maximum atomic E-state index is 11.7. The number of carbonyl (C=O) groups is 2. The van der Waals surface area contributed by atoms with Crippen molar-refractivity contribution in [3.8, 4) is 5.75 Å². The number of para-hydroxylation sites is 1. The summed E-state index contributed by atoms with van der Waals surface area (Å²) in [7, 11) is 0. The predicted molar refractivity (Wildman–Crippen MR) is 59.8 cm³/mol. The van der Waals surface area contributed by atoms with Gasteiger partial charge in [-0.15, -0.1) is 0 Å². The zero-order chi connectivity index (χ0) is 12.3. The molecular formula is C12H13NO4. The second-order valence-corrected chi connectivity index (χ2v) is 3.85. The molecule has 0 saturated carbocycles. The molecule has 90 valence electrons. The standard InChI is InChI=1S/C12H13NO4/c14-11(15)5-6-13-12(16)10-7-8-3-1-2-4-9(8)17-10/h1-4,10H,5-7H2,(H,13,16)(H,14,15). The number of amides is 1. The third kappa shape index (κ3) is 2.75. The third-order valence-corrected chi connectivity index (χ3v) is 2.58. The average molecular weight is 235 g/mol. The maximum Gasteiger partial charge on any atom is 0.305 e. The van der Waals surface area contributed by atoms with Gasteiger partial charge in [-0.05, 0) is 11.6 Å². The molecule has 1 aromatic carbocycles. The van der Waals surface area contributed by atoms with Gasteiger partial charge in [-0.25, -0.2) is 0 Å². The van der Waals surface area contributed by atoms with E-state index in [1.165, 1.54) is 0 Å². The van der Waals surface area contributed by atoms with Crippen molar-refractivity contribution in [2.75, 3.05) is 6.54 Å². The molecular weight excluding hydrogens is 222 g/mol. The van der Waals surface area contributed by atoms with Gasteiger partial charge in [-0.3, -0.25) is 9.59 Å². The Bertz CT molecular complexity index is 419. The lowest BCUT2D eigenvalue weighted by Gasteiger charge is -2.10. The molecule has 0 spiro atoms. The highest BCUT2D eigenvalue weighted by atomic mass is 16.5. The molecule has 17 heavy (non-hydrogen) atoms. The van der Waals surface area contributed by atoms with Crippen molar-refractivity contribution in [1.29, 1.82) is 0 Å². The molecule has 2 rings (SSSR count). The second kappa shape index (κ2) is 4.86. The van der Waals surface area contributed by atoms with E-state index >= 15 is 0 Å². The molecule has 0 bridgehead atoms. The van der Waals surface area contributed by atoms with Gasteiger partial charge in [0, 0.05) is 13.0 Å². The van der Waals surface area contributed by atoms with Crippen molar-refractivity contribution in [3.05, 3.63) is 29.8 Å². The number of ether oxygens (including phenoxy) is 1. The molecule has 1 atom stereocenters. The lowest BCUT2D eigenvalue weighted by Crippen LogP contribution is -2.38. The molecule has 1 aromatic rings. The smallest absolute Gasteiger partial charge is 0.305 e. The Morgan fingerprint density at radius 3 is 2.88 bits per heavy atom. The van der Waals surface area contributed by atoms with Crippen LogP contribution in [0.15, 0.2) is 24.3 Å². The van der Waals surface area contributed by atoms with Crippen molar-refractivity contribution in [1.82, 2.24) is 5.32 Å². The minimum Gasteiger partial charge on any atom is -0.481 e. The van der Waals surface area contributed by atoms with E-state index in [1.807, 2.05) is 24.3 Å². The van der Waals surface area contributed by atoms with E-state index in [0.29, 0.717) is 6.42 Å². The molecule has 0 aliphatic carbocycles. The summed E-state index contributed by atoms with van der Waals surface area (Å²) in [6.07, 6.45) is -0.0817. The monoisotopic (exact) mass is 235 g/mol. The van der Waals surface area contributed by atoms with Crippen molar-refractivity contribution >= 4 is 11.9 Å². The molecule has 1 amide bonds. The largest absolute Gasteiger partial charge is 0.481 e. The number of carbonyl (C=O) groups excluding carboxylic acids is 1. The molecule has 1 heterocycles. The fourth-order valence-electron chi connectivity index (χ4n) is 1.73. The van der Waals surface area contributed by atoms with Gasteiger partial charge in [-0.1, -0.05) is 18.2 Å². The second-order valence-electron chi connectivity index (χ2n) is 3.85. The van der Waals surface area contributed by atoms with E-state index in [-0.39, 0.29) is 18.9 Å². The quantitative estimate of drug-likeness (QED) is 0.800. The minimum atomic E-state index is -0.930. The third-order valence-electron chi connectivity index (χ3n) is 2.58. The highest BCUT2D eigenvalue weighted by Crippen LogP contribution is 2.27. The van der Waals surface area contributed by atoms with Gasteiger partial charge in [0.2, 0.25) is 0 Å². The van der Waals surface area contributed by atoms with Crippen LogP contribution in [-0.4, -0.2) is 29.6 Å². The first kappa shape index (κ1) is 11.4. The van der Waals surface area contributed by atoms with E-state index < -0.39 is 12.1 Å². The number of rotatable bonds is 4. The topological polar surface area (TPSA) is 75.6 Å². The van der Waals surface area contributed by atoms with Crippen LogP contribution < -0.4 is 10.1 Å². The normalized spacial score (nSPS) is 17.1. The molecule has 1 unspecified atom stereocenters. The van der Waals surface area contributed by atoms with Crippen LogP contribution in [0.4, 0.5) is 0 Å². The Labute approximate surface area is 98.4 Å². The fraction of sp³-hybridized carbons (Fsp3) is 0.333. The first-order valence-corrected chi connectivity index (χ1v) is 5.41. The lowest BCUT2D eigenvalue weighted by atomic mass is 10.1. The van der Waals surface area contributed by atoms with E-state index in [1.54, 1.807) is 0 Å². The fourth-order valence-corrected chi connectivity index (χ4v) is 1.73. The summed E-state index contributed by atoms with van der Waals surface area (Å²) in [6.45, 7) is 0.129. The van der Waals surface area contributed by atoms with Crippen LogP contribution in [0, 0.1) is 0 Å². The number of hydrogen-bond donors (Lipinski definition) is 2. The summed E-state index contributed by atoms with van der Waals surface area (Å²) < 4.78 is 5.47. The highest BCUT2D eigenvalue weighted by molar-refractivity contribution is 5.82. The van der Waals surface area contributed by atoms with Crippen molar-refractivity contribution in [2.45, 2.75) is 18.9 Å². The average Bonchev–Trinajstić information content (AvgIpc) is 2.71. The number of aliphatic carboxylic acids is 1. The predicted octanol–water partition coefficient (Wildman–Crippen LogP) is 0.581. The number of benzene rings is 1. The van der Waals surface area contributed by atoms with Gasteiger partial charge in [0.1, 0.15) is 5.75 Å². The van der Waals surface area contributed by atoms with E-state index in [4.69, 9.17) is 9.84 Å². The van der Waals surface area contributed by atoms with Crippen LogP contribution in [0.2, 0.25) is 0 Å². The number of carboxylic acids is 1. The van der Waals surface area contributed by atoms with Gasteiger partial charge >= 0.3 is 5.97 Å². The molecule has 5 nitrogen and oxygen atoms in total. The Hall–Kier alpha value is -2.04. The number of fused-ring (bicyclic) bond motifs is 1. The Kier molecular flexibility index (Phi) is 3.27.